The Kier molecular flexibility index (Phi) is 6.47. The van der Waals surface area contributed by atoms with E-state index in [1.807, 2.05) is 24.3 Å². The molecule has 0 fully saturated rings. The SMILES string of the molecule is COc1ccc(CN)cc1.OCl. The van der Waals surface area contributed by atoms with E-state index in [0.29, 0.717) is 6.54 Å². The van der Waals surface area contributed by atoms with Gasteiger partial charge in [-0.05, 0) is 17.7 Å². The Bertz CT molecular complexity index is 178. The van der Waals surface area contributed by atoms with Crippen molar-refractivity contribution in [1.82, 2.24) is 0 Å². The van der Waals surface area contributed by atoms with E-state index in [9.17, 15) is 0 Å². The molecule has 0 bridgehead atoms. The molecule has 1 aromatic rings. The van der Waals surface area contributed by atoms with E-state index in [0.717, 1.165) is 11.3 Å². The van der Waals surface area contributed by atoms with Crippen LogP contribution in [0.3, 0.4) is 0 Å². The van der Waals surface area contributed by atoms with Crippen LogP contribution >= 0.6 is 11.9 Å². The first kappa shape index (κ1) is 11.2. The molecule has 0 saturated carbocycles. The van der Waals surface area contributed by atoms with E-state index in [4.69, 9.17) is 15.1 Å². The van der Waals surface area contributed by atoms with Crippen LogP contribution in [0, 0.1) is 0 Å². The molecule has 4 heteroatoms. The molecule has 0 spiro atoms. The zero-order valence-electron chi connectivity index (χ0n) is 6.83. The topological polar surface area (TPSA) is 55.5 Å². The maximum atomic E-state index is 6.47. The summed E-state index contributed by atoms with van der Waals surface area (Å²) in [4.78, 5) is 0. The number of nitrogens with two attached hydrogens (primary N) is 1. The molecule has 0 unspecified atom stereocenters. The predicted octanol–water partition coefficient (Wildman–Crippen LogP) is 1.29. The lowest BCUT2D eigenvalue weighted by Crippen LogP contribution is -1.95. The van der Waals surface area contributed by atoms with Crippen LogP contribution in [0.15, 0.2) is 24.3 Å². The maximum absolute atomic E-state index is 6.47. The standard InChI is InChI=1S/C8H11NO.ClHO/c1-10-8-4-2-7(6-9)3-5-8;1-2/h2-5H,6,9H2,1H3;2H. The third-order valence-electron chi connectivity index (χ3n) is 1.39. The Morgan fingerprint density at radius 2 is 1.83 bits per heavy atom. The first-order valence-electron chi connectivity index (χ1n) is 3.36. The highest BCUT2D eigenvalue weighted by Crippen LogP contribution is 2.10. The predicted molar refractivity (Wildman–Crippen MR) is 49.0 cm³/mol. The summed E-state index contributed by atoms with van der Waals surface area (Å²) in [5.41, 5.74) is 6.53. The quantitative estimate of drug-likeness (QED) is 0.737. The summed E-state index contributed by atoms with van der Waals surface area (Å²) in [6.07, 6.45) is 0. The highest BCUT2D eigenvalue weighted by molar-refractivity contribution is 6.04. The van der Waals surface area contributed by atoms with Gasteiger partial charge in [-0.2, -0.15) is 0 Å². The fraction of sp³-hybridized carbons (Fsp3) is 0.250. The summed E-state index contributed by atoms with van der Waals surface area (Å²) < 4.78 is 11.4. The van der Waals surface area contributed by atoms with Crippen molar-refractivity contribution in [1.29, 1.82) is 0 Å². The molecule has 0 radical (unpaired) electrons. The molecule has 68 valence electrons. The van der Waals surface area contributed by atoms with Crippen LogP contribution in [0.4, 0.5) is 0 Å². The number of hydrogen-bond acceptors (Lipinski definition) is 3. The monoisotopic (exact) mass is 189 g/mol. The van der Waals surface area contributed by atoms with Crippen molar-refractivity contribution in [3.63, 3.8) is 0 Å². The summed E-state index contributed by atoms with van der Waals surface area (Å²) in [7, 11) is 1.65. The molecule has 0 aliphatic carbocycles. The maximum Gasteiger partial charge on any atom is 0.118 e. The third kappa shape index (κ3) is 3.57. The Morgan fingerprint density at radius 1 is 1.33 bits per heavy atom. The summed E-state index contributed by atoms with van der Waals surface area (Å²) in [6.45, 7) is 0.587. The molecule has 1 aromatic carbocycles. The molecule has 0 heterocycles. The lowest BCUT2D eigenvalue weighted by molar-refractivity contribution is 0.414. The molecule has 0 aliphatic rings. The molecule has 0 saturated heterocycles. The van der Waals surface area contributed by atoms with Crippen LogP contribution < -0.4 is 10.5 Å². The van der Waals surface area contributed by atoms with Crippen LogP contribution in [0.1, 0.15) is 5.56 Å². The van der Waals surface area contributed by atoms with Crippen molar-refractivity contribution < 1.29 is 9.40 Å². The zero-order valence-corrected chi connectivity index (χ0v) is 7.58. The summed E-state index contributed by atoms with van der Waals surface area (Å²) in [6, 6.07) is 7.72. The lowest BCUT2D eigenvalue weighted by Gasteiger charge is -1.99. The second-order valence-corrected chi connectivity index (χ2v) is 2.05. The third-order valence-corrected chi connectivity index (χ3v) is 1.39. The van der Waals surface area contributed by atoms with Crippen molar-refractivity contribution in [3.05, 3.63) is 29.8 Å². The van der Waals surface area contributed by atoms with Crippen molar-refractivity contribution in [2.75, 3.05) is 7.11 Å². The van der Waals surface area contributed by atoms with Crippen molar-refractivity contribution in [2.45, 2.75) is 6.54 Å². The van der Waals surface area contributed by atoms with E-state index in [1.165, 1.54) is 0 Å². The zero-order chi connectivity index (χ0) is 9.40. The van der Waals surface area contributed by atoms with Crippen LogP contribution in [0.25, 0.3) is 0 Å². The molecule has 0 atom stereocenters. The van der Waals surface area contributed by atoms with Crippen molar-refractivity contribution in [2.24, 2.45) is 5.73 Å². The van der Waals surface area contributed by atoms with Gasteiger partial charge in [-0.1, -0.05) is 12.1 Å². The smallest absolute Gasteiger partial charge is 0.118 e. The molecule has 12 heavy (non-hydrogen) atoms. The average molecular weight is 190 g/mol. The fourth-order valence-electron chi connectivity index (χ4n) is 0.762. The van der Waals surface area contributed by atoms with Gasteiger partial charge in [0.2, 0.25) is 0 Å². The van der Waals surface area contributed by atoms with Gasteiger partial charge in [-0.3, -0.25) is 4.66 Å². The minimum Gasteiger partial charge on any atom is -0.497 e. The first-order chi connectivity index (χ1) is 5.86. The van der Waals surface area contributed by atoms with Gasteiger partial charge in [0, 0.05) is 6.54 Å². The van der Waals surface area contributed by atoms with E-state index in [1.54, 1.807) is 7.11 Å². The minimum absolute atomic E-state index is 0.587. The molecule has 1 rings (SSSR count). The number of halogens is 1. The fourth-order valence-corrected chi connectivity index (χ4v) is 0.762. The van der Waals surface area contributed by atoms with E-state index >= 15 is 0 Å². The Labute approximate surface area is 76.9 Å². The highest BCUT2D eigenvalue weighted by atomic mass is 35.5. The van der Waals surface area contributed by atoms with Crippen LogP contribution in [0.2, 0.25) is 0 Å². The van der Waals surface area contributed by atoms with Gasteiger partial charge in [0.1, 0.15) is 5.75 Å². The van der Waals surface area contributed by atoms with Gasteiger partial charge < -0.3 is 10.5 Å². The van der Waals surface area contributed by atoms with E-state index in [-0.39, 0.29) is 0 Å². The van der Waals surface area contributed by atoms with Crippen LogP contribution in [-0.4, -0.2) is 11.8 Å². The van der Waals surface area contributed by atoms with Crippen molar-refractivity contribution in [3.8, 4) is 5.75 Å². The molecule has 0 amide bonds. The largest absolute Gasteiger partial charge is 0.497 e. The summed E-state index contributed by atoms with van der Waals surface area (Å²) in [5.74, 6) is 0.872. The van der Waals surface area contributed by atoms with Gasteiger partial charge >= 0.3 is 0 Å². The Balaban J connectivity index is 0.000000561. The Morgan fingerprint density at radius 3 is 2.17 bits per heavy atom. The minimum atomic E-state index is 0.587. The normalized spacial score (nSPS) is 8.33. The van der Waals surface area contributed by atoms with Gasteiger partial charge in [0.15, 0.2) is 0 Å². The van der Waals surface area contributed by atoms with Gasteiger partial charge in [-0.25, -0.2) is 0 Å². The molecule has 0 aromatic heterocycles. The van der Waals surface area contributed by atoms with Gasteiger partial charge in [0.05, 0.1) is 19.0 Å². The molecule has 3 nitrogen and oxygen atoms in total. The van der Waals surface area contributed by atoms with Gasteiger partial charge in [-0.15, -0.1) is 0 Å². The molecule has 0 aliphatic heterocycles. The summed E-state index contributed by atoms with van der Waals surface area (Å²) in [5, 5.41) is 0. The molecular weight excluding hydrogens is 178 g/mol. The van der Waals surface area contributed by atoms with Crippen molar-refractivity contribution >= 4 is 11.9 Å². The number of rotatable bonds is 2. The van der Waals surface area contributed by atoms with Gasteiger partial charge in [0.25, 0.3) is 0 Å². The lowest BCUT2D eigenvalue weighted by atomic mass is 10.2. The Hall–Kier alpha value is -0.770. The van der Waals surface area contributed by atoms with E-state index in [2.05, 4.69) is 11.9 Å². The number of ether oxygens (including phenoxy) is 1. The number of hydrogen-bond donors (Lipinski definition) is 2. The number of methoxy groups -OCH3 is 1. The average Bonchev–Trinajstić information content (AvgIpc) is 2.21. The molecule has 3 N–H and O–H groups in total. The molecular formula is C8H12ClNO2. The van der Waals surface area contributed by atoms with Crippen LogP contribution in [-0.2, 0) is 6.54 Å². The van der Waals surface area contributed by atoms with E-state index < -0.39 is 0 Å². The second kappa shape index (κ2) is 6.91. The second-order valence-electron chi connectivity index (χ2n) is 2.05. The number of benzene rings is 1. The highest BCUT2D eigenvalue weighted by Gasteiger charge is 1.89. The van der Waals surface area contributed by atoms with Crippen LogP contribution in [0.5, 0.6) is 5.75 Å². The summed E-state index contributed by atoms with van der Waals surface area (Å²) >= 11 is 3.64. The first-order valence-corrected chi connectivity index (χ1v) is 3.70.